The van der Waals surface area contributed by atoms with Gasteiger partial charge in [0.15, 0.2) is 0 Å². The number of rotatable bonds is 3. The highest BCUT2D eigenvalue weighted by atomic mass is 16.5. The van der Waals surface area contributed by atoms with Crippen LogP contribution >= 0.6 is 0 Å². The molecule has 1 aromatic carbocycles. The van der Waals surface area contributed by atoms with Gasteiger partial charge >= 0.3 is 0 Å². The molecule has 1 atom stereocenters. The smallest absolute Gasteiger partial charge is 0.127 e. The number of para-hydroxylation sites is 1. The van der Waals surface area contributed by atoms with Crippen molar-refractivity contribution in [3.05, 3.63) is 29.3 Å². The summed E-state index contributed by atoms with van der Waals surface area (Å²) in [6.45, 7) is 10.4. The van der Waals surface area contributed by atoms with Gasteiger partial charge in [-0.25, -0.2) is 0 Å². The van der Waals surface area contributed by atoms with Gasteiger partial charge in [-0.15, -0.1) is 0 Å². The maximum atomic E-state index is 5.89. The molecule has 0 amide bonds. The van der Waals surface area contributed by atoms with E-state index in [9.17, 15) is 0 Å². The molecule has 2 heteroatoms. The minimum Gasteiger partial charge on any atom is -0.493 e. The van der Waals surface area contributed by atoms with Crippen LogP contribution in [0.15, 0.2) is 18.2 Å². The van der Waals surface area contributed by atoms with Crippen LogP contribution in [0.4, 0.5) is 0 Å². The van der Waals surface area contributed by atoms with Crippen LogP contribution in [0.3, 0.4) is 0 Å². The molecule has 1 aliphatic carbocycles. The van der Waals surface area contributed by atoms with Gasteiger partial charge < -0.3 is 10.1 Å². The zero-order chi connectivity index (χ0) is 13.8. The van der Waals surface area contributed by atoms with Crippen molar-refractivity contribution in [2.24, 2.45) is 16.7 Å². The molecule has 2 aliphatic rings. The molecular weight excluding hydrogens is 234 g/mol. The van der Waals surface area contributed by atoms with E-state index < -0.39 is 0 Å². The Morgan fingerprint density at radius 2 is 1.89 bits per heavy atom. The number of hydrogen-bond donors (Lipinski definition) is 1. The topological polar surface area (TPSA) is 21.3 Å². The summed E-state index contributed by atoms with van der Waals surface area (Å²) in [6, 6.07) is 6.99. The Labute approximate surface area is 116 Å². The van der Waals surface area contributed by atoms with Crippen molar-refractivity contribution in [1.82, 2.24) is 5.32 Å². The summed E-state index contributed by atoms with van der Waals surface area (Å²) in [7, 11) is 2.07. The largest absolute Gasteiger partial charge is 0.493 e. The lowest BCUT2D eigenvalue weighted by molar-refractivity contribution is 0.341. The average molecular weight is 259 g/mol. The molecule has 0 bridgehead atoms. The lowest BCUT2D eigenvalue weighted by Crippen LogP contribution is -2.22. The molecule has 0 aromatic heterocycles. The molecule has 1 aliphatic heterocycles. The number of hydrogen-bond acceptors (Lipinski definition) is 2. The molecule has 0 saturated heterocycles. The molecule has 1 N–H and O–H groups in total. The van der Waals surface area contributed by atoms with Gasteiger partial charge in [0.1, 0.15) is 5.75 Å². The molecule has 0 radical (unpaired) electrons. The zero-order valence-corrected chi connectivity index (χ0v) is 12.7. The molecular formula is C17H25NO. The van der Waals surface area contributed by atoms with Crippen molar-refractivity contribution in [2.45, 2.75) is 40.2 Å². The SMILES string of the molecule is CNC(c1cccc2c1OCC2)C1C(C)(C)C1(C)C. The Morgan fingerprint density at radius 1 is 1.21 bits per heavy atom. The lowest BCUT2D eigenvalue weighted by Gasteiger charge is -2.21. The standard InChI is InChI=1S/C17H25NO/c1-16(2)15(17(16,3)4)13(18-5)12-8-6-7-11-9-10-19-14(11)12/h6-8,13,15,18H,9-10H2,1-5H3. The highest BCUT2D eigenvalue weighted by molar-refractivity contribution is 5.47. The second kappa shape index (κ2) is 3.99. The number of nitrogens with one attached hydrogen (secondary N) is 1. The number of fused-ring (bicyclic) bond motifs is 1. The quantitative estimate of drug-likeness (QED) is 0.896. The summed E-state index contributed by atoms with van der Waals surface area (Å²) >= 11 is 0. The summed E-state index contributed by atoms with van der Waals surface area (Å²) in [5, 5.41) is 3.54. The summed E-state index contributed by atoms with van der Waals surface area (Å²) in [5.74, 6) is 1.79. The van der Waals surface area contributed by atoms with Crippen molar-refractivity contribution in [2.75, 3.05) is 13.7 Å². The molecule has 1 fully saturated rings. The Balaban J connectivity index is 2.00. The van der Waals surface area contributed by atoms with Gasteiger partial charge in [0, 0.05) is 18.0 Å². The van der Waals surface area contributed by atoms with Gasteiger partial charge in [-0.1, -0.05) is 45.9 Å². The molecule has 1 heterocycles. The second-order valence-electron chi connectivity index (χ2n) is 7.12. The Bertz CT molecular complexity index is 490. The van der Waals surface area contributed by atoms with Gasteiger partial charge in [0.25, 0.3) is 0 Å². The van der Waals surface area contributed by atoms with Crippen LogP contribution in [0.1, 0.15) is 44.9 Å². The van der Waals surface area contributed by atoms with E-state index in [4.69, 9.17) is 4.74 Å². The first kappa shape index (κ1) is 13.0. The summed E-state index contributed by atoms with van der Waals surface area (Å²) in [5.41, 5.74) is 3.47. The zero-order valence-electron chi connectivity index (χ0n) is 12.7. The normalized spacial score (nSPS) is 24.7. The maximum absolute atomic E-state index is 5.89. The van der Waals surface area contributed by atoms with Crippen molar-refractivity contribution >= 4 is 0 Å². The highest BCUT2D eigenvalue weighted by Crippen LogP contribution is 2.72. The van der Waals surface area contributed by atoms with Gasteiger partial charge in [-0.3, -0.25) is 0 Å². The van der Waals surface area contributed by atoms with Crippen LogP contribution < -0.4 is 10.1 Å². The van der Waals surface area contributed by atoms with E-state index in [1.807, 2.05) is 0 Å². The summed E-state index contributed by atoms with van der Waals surface area (Å²) in [6.07, 6.45) is 1.05. The fourth-order valence-corrected chi connectivity index (χ4v) is 4.07. The third-order valence-electron chi connectivity index (χ3n) is 5.86. The van der Waals surface area contributed by atoms with E-state index in [-0.39, 0.29) is 0 Å². The molecule has 1 aromatic rings. The van der Waals surface area contributed by atoms with Gasteiger partial charge in [-0.05, 0) is 29.4 Å². The van der Waals surface area contributed by atoms with E-state index in [2.05, 4.69) is 58.3 Å². The summed E-state index contributed by atoms with van der Waals surface area (Å²) in [4.78, 5) is 0. The minimum absolute atomic E-state index is 0.377. The third kappa shape index (κ3) is 1.66. The first-order valence-electron chi connectivity index (χ1n) is 7.33. The minimum atomic E-state index is 0.377. The van der Waals surface area contributed by atoms with Crippen molar-refractivity contribution < 1.29 is 4.74 Å². The maximum Gasteiger partial charge on any atom is 0.127 e. The summed E-state index contributed by atoms with van der Waals surface area (Å²) < 4.78 is 5.89. The Kier molecular flexibility index (Phi) is 2.72. The van der Waals surface area contributed by atoms with Crippen LogP contribution in [0.5, 0.6) is 5.75 Å². The molecule has 104 valence electrons. The third-order valence-corrected chi connectivity index (χ3v) is 5.86. The van der Waals surface area contributed by atoms with Crippen molar-refractivity contribution in [1.29, 1.82) is 0 Å². The van der Waals surface area contributed by atoms with Crippen LogP contribution in [-0.2, 0) is 6.42 Å². The monoisotopic (exact) mass is 259 g/mol. The van der Waals surface area contributed by atoms with Crippen molar-refractivity contribution in [3.8, 4) is 5.75 Å². The predicted octanol–water partition coefficient (Wildman–Crippen LogP) is 3.56. The van der Waals surface area contributed by atoms with E-state index >= 15 is 0 Å². The van der Waals surface area contributed by atoms with E-state index in [0.29, 0.717) is 22.8 Å². The van der Waals surface area contributed by atoms with Crippen LogP contribution in [0, 0.1) is 16.7 Å². The molecule has 2 nitrogen and oxygen atoms in total. The van der Waals surface area contributed by atoms with Crippen LogP contribution in [0.2, 0.25) is 0 Å². The fraction of sp³-hybridized carbons (Fsp3) is 0.647. The van der Waals surface area contributed by atoms with Crippen LogP contribution in [-0.4, -0.2) is 13.7 Å². The van der Waals surface area contributed by atoms with Gasteiger partial charge in [0.2, 0.25) is 0 Å². The molecule has 19 heavy (non-hydrogen) atoms. The van der Waals surface area contributed by atoms with Crippen LogP contribution in [0.25, 0.3) is 0 Å². The van der Waals surface area contributed by atoms with E-state index in [1.54, 1.807) is 0 Å². The van der Waals surface area contributed by atoms with Crippen molar-refractivity contribution in [3.63, 3.8) is 0 Å². The molecule has 1 saturated carbocycles. The van der Waals surface area contributed by atoms with Gasteiger partial charge in [-0.2, -0.15) is 0 Å². The Morgan fingerprint density at radius 3 is 2.47 bits per heavy atom. The lowest BCUT2D eigenvalue weighted by atomic mass is 9.94. The van der Waals surface area contributed by atoms with E-state index in [1.165, 1.54) is 11.1 Å². The molecule has 3 rings (SSSR count). The first-order valence-corrected chi connectivity index (χ1v) is 7.33. The Hall–Kier alpha value is -1.02. The fourth-order valence-electron chi connectivity index (χ4n) is 4.07. The highest BCUT2D eigenvalue weighted by Gasteiger charge is 2.67. The predicted molar refractivity (Wildman–Crippen MR) is 78.5 cm³/mol. The van der Waals surface area contributed by atoms with Gasteiger partial charge in [0.05, 0.1) is 6.61 Å². The number of ether oxygens (including phenoxy) is 1. The molecule has 0 spiro atoms. The van der Waals surface area contributed by atoms with E-state index in [0.717, 1.165) is 18.8 Å². The molecule has 1 unspecified atom stereocenters. The second-order valence-corrected chi connectivity index (χ2v) is 7.12. The first-order chi connectivity index (χ1) is 8.91. The average Bonchev–Trinajstić information content (AvgIpc) is 2.75. The number of benzene rings is 1.